The van der Waals surface area contributed by atoms with Crippen LogP contribution in [0, 0.1) is 0 Å². The number of benzene rings is 1. The lowest BCUT2D eigenvalue weighted by molar-refractivity contribution is 0.220. The van der Waals surface area contributed by atoms with Gasteiger partial charge < -0.3 is 0 Å². The van der Waals surface area contributed by atoms with E-state index in [9.17, 15) is 0 Å². The van der Waals surface area contributed by atoms with Crippen LogP contribution in [-0.2, 0) is 12.8 Å². The van der Waals surface area contributed by atoms with Crippen LogP contribution in [0.3, 0.4) is 0 Å². The maximum Gasteiger partial charge on any atom is 0.0166 e. The number of aryl methyl sites for hydroxylation is 1. The molecule has 0 spiro atoms. The van der Waals surface area contributed by atoms with Gasteiger partial charge in [0.1, 0.15) is 0 Å². The van der Waals surface area contributed by atoms with Crippen molar-refractivity contribution in [3.8, 4) is 0 Å². The highest BCUT2D eigenvalue weighted by molar-refractivity contribution is 5.85. The molecule has 1 atom stereocenters. The Morgan fingerprint density at radius 1 is 1.11 bits per heavy atom. The van der Waals surface area contributed by atoms with Crippen molar-refractivity contribution >= 4 is 12.4 Å². The van der Waals surface area contributed by atoms with Gasteiger partial charge in [-0.1, -0.05) is 36.4 Å². The lowest BCUT2D eigenvalue weighted by atomic mass is 9.87. The molecule has 1 aromatic carbocycles. The molecule has 1 aliphatic rings. The van der Waals surface area contributed by atoms with Crippen LogP contribution in [0.25, 0.3) is 0 Å². The summed E-state index contributed by atoms with van der Waals surface area (Å²) in [5.41, 5.74) is 3.04. The SMILES string of the molecule is C=CCN(CC=C)C1CCc2ccccc2C1.Cl. The summed E-state index contributed by atoms with van der Waals surface area (Å²) in [5, 5.41) is 0. The molecule has 0 bridgehead atoms. The minimum absolute atomic E-state index is 0. The van der Waals surface area contributed by atoms with Crippen molar-refractivity contribution in [2.24, 2.45) is 0 Å². The Morgan fingerprint density at radius 2 is 1.72 bits per heavy atom. The van der Waals surface area contributed by atoms with Crippen LogP contribution < -0.4 is 0 Å². The van der Waals surface area contributed by atoms with E-state index in [2.05, 4.69) is 42.3 Å². The zero-order valence-electron chi connectivity index (χ0n) is 10.8. The number of rotatable bonds is 5. The second kappa shape index (κ2) is 7.40. The van der Waals surface area contributed by atoms with Crippen LogP contribution >= 0.6 is 12.4 Å². The molecule has 0 radical (unpaired) electrons. The van der Waals surface area contributed by atoms with Crippen molar-refractivity contribution in [1.82, 2.24) is 4.90 Å². The van der Waals surface area contributed by atoms with Crippen LogP contribution in [0.2, 0.25) is 0 Å². The largest absolute Gasteiger partial charge is 0.293 e. The zero-order valence-corrected chi connectivity index (χ0v) is 11.7. The first-order chi connectivity index (χ1) is 8.35. The molecule has 98 valence electrons. The molecule has 2 heteroatoms. The average Bonchev–Trinajstić information content (AvgIpc) is 2.38. The van der Waals surface area contributed by atoms with Crippen LogP contribution in [-0.4, -0.2) is 24.0 Å². The molecule has 1 unspecified atom stereocenters. The van der Waals surface area contributed by atoms with Gasteiger partial charge in [0.05, 0.1) is 0 Å². The van der Waals surface area contributed by atoms with Gasteiger partial charge >= 0.3 is 0 Å². The standard InChI is InChI=1S/C16H21N.ClH/c1-3-11-17(12-4-2)16-10-9-14-7-5-6-8-15(14)13-16;/h3-8,16H,1-2,9-13H2;1H. The van der Waals surface area contributed by atoms with Crippen molar-refractivity contribution < 1.29 is 0 Å². The van der Waals surface area contributed by atoms with Crippen molar-refractivity contribution in [2.45, 2.75) is 25.3 Å². The molecule has 0 heterocycles. The summed E-state index contributed by atoms with van der Waals surface area (Å²) in [7, 11) is 0. The number of hydrogen-bond acceptors (Lipinski definition) is 1. The normalized spacial score (nSPS) is 17.7. The van der Waals surface area contributed by atoms with Crippen molar-refractivity contribution in [3.63, 3.8) is 0 Å². The molecule has 0 saturated carbocycles. The van der Waals surface area contributed by atoms with Crippen molar-refractivity contribution in [2.75, 3.05) is 13.1 Å². The molecule has 0 N–H and O–H groups in total. The molecule has 1 aromatic rings. The summed E-state index contributed by atoms with van der Waals surface area (Å²) in [6.07, 6.45) is 7.59. The summed E-state index contributed by atoms with van der Waals surface area (Å²) >= 11 is 0. The highest BCUT2D eigenvalue weighted by Crippen LogP contribution is 2.24. The third-order valence-corrected chi connectivity index (χ3v) is 3.56. The molecular formula is C16H22ClN. The summed E-state index contributed by atoms with van der Waals surface area (Å²) in [4.78, 5) is 2.47. The van der Waals surface area contributed by atoms with Crippen molar-refractivity contribution in [1.29, 1.82) is 0 Å². The minimum Gasteiger partial charge on any atom is -0.293 e. The van der Waals surface area contributed by atoms with Crippen LogP contribution in [0.1, 0.15) is 17.5 Å². The van der Waals surface area contributed by atoms with Gasteiger partial charge in [-0.25, -0.2) is 0 Å². The van der Waals surface area contributed by atoms with Gasteiger partial charge in [0.25, 0.3) is 0 Å². The molecule has 0 amide bonds. The number of fused-ring (bicyclic) bond motifs is 1. The maximum absolute atomic E-state index is 3.85. The van der Waals surface area contributed by atoms with E-state index in [0.29, 0.717) is 6.04 Å². The van der Waals surface area contributed by atoms with E-state index in [1.807, 2.05) is 12.2 Å². The molecule has 18 heavy (non-hydrogen) atoms. The summed E-state index contributed by atoms with van der Waals surface area (Å²) in [6.45, 7) is 9.61. The maximum atomic E-state index is 3.85. The van der Waals surface area contributed by atoms with Crippen molar-refractivity contribution in [3.05, 3.63) is 60.7 Å². The molecule has 0 saturated heterocycles. The Bertz CT molecular complexity index is 390. The average molecular weight is 264 g/mol. The molecule has 1 nitrogen and oxygen atoms in total. The first-order valence-corrected chi connectivity index (χ1v) is 6.37. The van der Waals surface area contributed by atoms with Crippen LogP contribution in [0.5, 0.6) is 0 Å². The van der Waals surface area contributed by atoms with Gasteiger partial charge in [-0.05, 0) is 30.4 Å². The van der Waals surface area contributed by atoms with E-state index in [1.165, 1.54) is 24.0 Å². The first kappa shape index (κ1) is 15.0. The van der Waals surface area contributed by atoms with Gasteiger partial charge in [0.15, 0.2) is 0 Å². The molecule has 0 fully saturated rings. The lowest BCUT2D eigenvalue weighted by Gasteiger charge is -2.33. The minimum atomic E-state index is 0. The monoisotopic (exact) mass is 263 g/mol. The predicted molar refractivity (Wildman–Crippen MR) is 81.5 cm³/mol. The topological polar surface area (TPSA) is 3.24 Å². The second-order valence-electron chi connectivity index (χ2n) is 4.70. The van der Waals surface area contributed by atoms with Gasteiger partial charge in [-0.3, -0.25) is 4.90 Å². The number of nitrogens with zero attached hydrogens (tertiary/aromatic N) is 1. The Morgan fingerprint density at radius 3 is 2.33 bits per heavy atom. The Hall–Kier alpha value is -1.05. The van der Waals surface area contributed by atoms with E-state index in [4.69, 9.17) is 0 Å². The van der Waals surface area contributed by atoms with E-state index >= 15 is 0 Å². The van der Waals surface area contributed by atoms with Gasteiger partial charge in [-0.15, -0.1) is 25.6 Å². The molecule has 0 aliphatic heterocycles. The van der Waals surface area contributed by atoms with Gasteiger partial charge in [0, 0.05) is 19.1 Å². The first-order valence-electron chi connectivity index (χ1n) is 6.37. The predicted octanol–water partition coefficient (Wildman–Crippen LogP) is 3.64. The number of halogens is 1. The summed E-state index contributed by atoms with van der Waals surface area (Å²) in [5.74, 6) is 0. The Balaban J connectivity index is 0.00000162. The molecule has 0 aromatic heterocycles. The highest BCUT2D eigenvalue weighted by Gasteiger charge is 2.22. The Kier molecular flexibility index (Phi) is 6.17. The van der Waals surface area contributed by atoms with Gasteiger partial charge in [-0.2, -0.15) is 0 Å². The Labute approximate surface area is 117 Å². The second-order valence-corrected chi connectivity index (χ2v) is 4.70. The third kappa shape index (κ3) is 3.47. The fourth-order valence-electron chi connectivity index (χ4n) is 2.69. The van der Waals surface area contributed by atoms with Crippen LogP contribution in [0.4, 0.5) is 0 Å². The van der Waals surface area contributed by atoms with Crippen LogP contribution in [0.15, 0.2) is 49.6 Å². The molecular weight excluding hydrogens is 242 g/mol. The molecule has 1 aliphatic carbocycles. The highest BCUT2D eigenvalue weighted by atomic mass is 35.5. The zero-order chi connectivity index (χ0) is 12.1. The number of hydrogen-bond donors (Lipinski definition) is 0. The fourth-order valence-corrected chi connectivity index (χ4v) is 2.69. The third-order valence-electron chi connectivity index (χ3n) is 3.56. The van der Waals surface area contributed by atoms with E-state index in [0.717, 1.165) is 19.5 Å². The summed E-state index contributed by atoms with van der Waals surface area (Å²) in [6, 6.07) is 9.45. The summed E-state index contributed by atoms with van der Waals surface area (Å²) < 4.78 is 0. The fraction of sp³-hybridized carbons (Fsp3) is 0.375. The quantitative estimate of drug-likeness (QED) is 0.733. The van der Waals surface area contributed by atoms with E-state index in [-0.39, 0.29) is 12.4 Å². The molecule has 2 rings (SSSR count). The van der Waals surface area contributed by atoms with E-state index in [1.54, 1.807) is 0 Å². The smallest absolute Gasteiger partial charge is 0.0166 e. The van der Waals surface area contributed by atoms with Gasteiger partial charge in [0.2, 0.25) is 0 Å². The lowest BCUT2D eigenvalue weighted by Crippen LogP contribution is -2.39. The van der Waals surface area contributed by atoms with E-state index < -0.39 is 0 Å².